The molecule has 1 aromatic carbocycles. The van der Waals surface area contributed by atoms with Gasteiger partial charge in [0, 0.05) is 26.2 Å². The molecule has 3 N–H and O–H groups in total. The van der Waals surface area contributed by atoms with Gasteiger partial charge in [-0.05, 0) is 55.3 Å². The fourth-order valence-corrected chi connectivity index (χ4v) is 2.37. The number of amides is 1. The van der Waals surface area contributed by atoms with Crippen LogP contribution >= 0.6 is 0 Å². The lowest BCUT2D eigenvalue weighted by atomic mass is 10.1. The molecule has 1 aromatic rings. The van der Waals surface area contributed by atoms with E-state index in [1.54, 1.807) is 13.1 Å². The zero-order chi connectivity index (χ0) is 19.2. The molecule has 0 fully saturated rings. The second-order valence-electron chi connectivity index (χ2n) is 6.25. The van der Waals surface area contributed by atoms with Crippen LogP contribution in [0.15, 0.2) is 66.9 Å². The number of hydrogen-bond acceptors (Lipinski definition) is 3. The van der Waals surface area contributed by atoms with Gasteiger partial charge in [0.15, 0.2) is 0 Å². The highest BCUT2D eigenvalue weighted by Crippen LogP contribution is 2.12. The van der Waals surface area contributed by atoms with E-state index in [1.165, 1.54) is 17.2 Å². The molecule has 0 spiro atoms. The van der Waals surface area contributed by atoms with Gasteiger partial charge in [-0.2, -0.15) is 0 Å². The van der Waals surface area contributed by atoms with E-state index in [0.29, 0.717) is 0 Å². The molecule has 140 valence electrons. The SMILES string of the molecule is C=CCN/C=C(/CCNCc1ccc(/C=C/C(=O)NC)cc1)CC(=C)C. The van der Waals surface area contributed by atoms with Gasteiger partial charge in [0.2, 0.25) is 5.91 Å². The molecule has 0 radical (unpaired) electrons. The fraction of sp³-hybridized carbons (Fsp3) is 0.318. The number of carbonyl (C=O) groups is 1. The van der Waals surface area contributed by atoms with E-state index in [4.69, 9.17) is 0 Å². The summed E-state index contributed by atoms with van der Waals surface area (Å²) in [6.07, 6.45) is 9.15. The number of hydrogen-bond donors (Lipinski definition) is 3. The standard InChI is InChI=1S/C22H31N3O/c1-5-13-24-17-21(15-18(2)3)12-14-25-16-20-8-6-19(7-9-20)10-11-22(26)23-4/h5-11,17,24-25H,1-2,12-16H2,3-4H3,(H,23,26)/b11-10+,21-17-. The first-order valence-corrected chi connectivity index (χ1v) is 8.91. The molecule has 26 heavy (non-hydrogen) atoms. The Labute approximate surface area is 157 Å². The molecule has 0 saturated heterocycles. The minimum atomic E-state index is -0.100. The monoisotopic (exact) mass is 353 g/mol. The summed E-state index contributed by atoms with van der Waals surface area (Å²) in [7, 11) is 1.62. The number of nitrogens with one attached hydrogen (secondary N) is 3. The van der Waals surface area contributed by atoms with E-state index in [0.717, 1.165) is 43.6 Å². The van der Waals surface area contributed by atoms with E-state index in [-0.39, 0.29) is 5.91 Å². The first-order valence-electron chi connectivity index (χ1n) is 8.91. The molecule has 4 heteroatoms. The lowest BCUT2D eigenvalue weighted by molar-refractivity contribution is -0.115. The van der Waals surface area contributed by atoms with E-state index in [9.17, 15) is 4.79 Å². The predicted molar refractivity (Wildman–Crippen MR) is 112 cm³/mol. The molecule has 0 bridgehead atoms. The first kappa shape index (κ1) is 21.5. The number of likely N-dealkylation sites (N-methyl/N-ethyl adjacent to an activating group) is 1. The van der Waals surface area contributed by atoms with Crippen molar-refractivity contribution in [1.29, 1.82) is 0 Å². The average Bonchev–Trinajstić information content (AvgIpc) is 2.63. The van der Waals surface area contributed by atoms with Gasteiger partial charge in [0.05, 0.1) is 0 Å². The third-order valence-corrected chi connectivity index (χ3v) is 3.70. The zero-order valence-electron chi connectivity index (χ0n) is 16.0. The fourth-order valence-electron chi connectivity index (χ4n) is 2.37. The van der Waals surface area contributed by atoms with Crippen LogP contribution in [0.1, 0.15) is 30.9 Å². The topological polar surface area (TPSA) is 53.2 Å². The van der Waals surface area contributed by atoms with E-state index in [2.05, 4.69) is 54.4 Å². The van der Waals surface area contributed by atoms with Gasteiger partial charge >= 0.3 is 0 Å². The second-order valence-corrected chi connectivity index (χ2v) is 6.25. The van der Waals surface area contributed by atoms with Crippen LogP contribution in [-0.4, -0.2) is 26.0 Å². The van der Waals surface area contributed by atoms with E-state index >= 15 is 0 Å². The minimum Gasteiger partial charge on any atom is -0.387 e. The van der Waals surface area contributed by atoms with Gasteiger partial charge in [-0.15, -0.1) is 6.58 Å². The summed E-state index contributed by atoms with van der Waals surface area (Å²) in [5, 5.41) is 9.28. The van der Waals surface area contributed by atoms with Crippen LogP contribution in [0.2, 0.25) is 0 Å². The maximum atomic E-state index is 11.2. The Morgan fingerprint density at radius 1 is 1.23 bits per heavy atom. The van der Waals surface area contributed by atoms with E-state index < -0.39 is 0 Å². The van der Waals surface area contributed by atoms with Crippen molar-refractivity contribution < 1.29 is 4.79 Å². The molecule has 0 heterocycles. The number of benzene rings is 1. The highest BCUT2D eigenvalue weighted by molar-refractivity contribution is 5.91. The molecule has 1 rings (SSSR count). The molecule has 0 aromatic heterocycles. The summed E-state index contributed by atoms with van der Waals surface area (Å²) in [6, 6.07) is 8.18. The molecule has 0 aliphatic carbocycles. The lowest BCUT2D eigenvalue weighted by Gasteiger charge is -2.10. The second kappa shape index (κ2) is 12.7. The largest absolute Gasteiger partial charge is 0.387 e. The van der Waals surface area contributed by atoms with Crippen molar-refractivity contribution in [1.82, 2.24) is 16.0 Å². The molecule has 0 saturated carbocycles. The smallest absolute Gasteiger partial charge is 0.243 e. The summed E-state index contributed by atoms with van der Waals surface area (Å²) >= 11 is 0. The van der Waals surface area contributed by atoms with Gasteiger partial charge in [0.25, 0.3) is 0 Å². The zero-order valence-corrected chi connectivity index (χ0v) is 16.0. The predicted octanol–water partition coefficient (Wildman–Crippen LogP) is 3.55. The third-order valence-electron chi connectivity index (χ3n) is 3.70. The summed E-state index contributed by atoms with van der Waals surface area (Å²) in [6.45, 7) is 12.3. The average molecular weight is 354 g/mol. The number of carbonyl (C=O) groups excluding carboxylic acids is 1. The maximum absolute atomic E-state index is 11.2. The third kappa shape index (κ3) is 9.64. The Morgan fingerprint density at radius 2 is 1.96 bits per heavy atom. The normalized spacial score (nSPS) is 11.4. The molecule has 0 unspecified atom stereocenters. The van der Waals surface area contributed by atoms with Crippen molar-refractivity contribution in [2.45, 2.75) is 26.3 Å². The van der Waals surface area contributed by atoms with E-state index in [1.807, 2.05) is 18.2 Å². The molecule has 0 aliphatic rings. The Hall–Kier alpha value is -2.59. The molecule has 0 atom stereocenters. The number of rotatable bonds is 12. The molecule has 4 nitrogen and oxygen atoms in total. The van der Waals surface area contributed by atoms with Crippen molar-refractivity contribution in [2.24, 2.45) is 0 Å². The quantitative estimate of drug-likeness (QED) is 0.306. The summed E-state index contributed by atoms with van der Waals surface area (Å²) < 4.78 is 0. The van der Waals surface area contributed by atoms with Crippen LogP contribution in [0.3, 0.4) is 0 Å². The first-order chi connectivity index (χ1) is 12.5. The summed E-state index contributed by atoms with van der Waals surface area (Å²) in [5.74, 6) is -0.100. The van der Waals surface area contributed by atoms with Gasteiger partial charge in [0.1, 0.15) is 0 Å². The van der Waals surface area contributed by atoms with Crippen molar-refractivity contribution in [3.8, 4) is 0 Å². The molecular formula is C22H31N3O. The van der Waals surface area contributed by atoms with Crippen LogP contribution in [0, 0.1) is 0 Å². The van der Waals surface area contributed by atoms with Crippen molar-refractivity contribution in [3.05, 3.63) is 78.0 Å². The summed E-state index contributed by atoms with van der Waals surface area (Å²) in [4.78, 5) is 11.2. The van der Waals surface area contributed by atoms with Crippen molar-refractivity contribution in [2.75, 3.05) is 20.1 Å². The Morgan fingerprint density at radius 3 is 2.58 bits per heavy atom. The van der Waals surface area contributed by atoms with Gasteiger partial charge in [-0.1, -0.05) is 42.5 Å². The lowest BCUT2D eigenvalue weighted by Crippen LogP contribution is -2.16. The van der Waals surface area contributed by atoms with Crippen molar-refractivity contribution >= 4 is 12.0 Å². The van der Waals surface area contributed by atoms with Crippen molar-refractivity contribution in [3.63, 3.8) is 0 Å². The van der Waals surface area contributed by atoms with Crippen LogP contribution in [0.5, 0.6) is 0 Å². The molecule has 1 amide bonds. The van der Waals surface area contributed by atoms with Crippen LogP contribution in [0.4, 0.5) is 0 Å². The minimum absolute atomic E-state index is 0.100. The van der Waals surface area contributed by atoms with Gasteiger partial charge < -0.3 is 16.0 Å². The van der Waals surface area contributed by atoms with Crippen LogP contribution in [0.25, 0.3) is 6.08 Å². The van der Waals surface area contributed by atoms with Gasteiger partial charge in [-0.25, -0.2) is 0 Å². The Balaban J connectivity index is 2.42. The van der Waals surface area contributed by atoms with Gasteiger partial charge in [-0.3, -0.25) is 4.79 Å². The Bertz CT molecular complexity index is 642. The molecular weight excluding hydrogens is 322 g/mol. The maximum Gasteiger partial charge on any atom is 0.243 e. The Kier molecular flexibility index (Phi) is 10.5. The highest BCUT2D eigenvalue weighted by atomic mass is 16.1. The van der Waals surface area contributed by atoms with Crippen LogP contribution < -0.4 is 16.0 Å². The number of allylic oxidation sites excluding steroid dienone is 1. The van der Waals surface area contributed by atoms with Crippen LogP contribution in [-0.2, 0) is 11.3 Å². The summed E-state index contributed by atoms with van der Waals surface area (Å²) in [5.41, 5.74) is 4.73. The highest BCUT2D eigenvalue weighted by Gasteiger charge is 1.99. The molecule has 0 aliphatic heterocycles.